The van der Waals surface area contributed by atoms with Crippen LogP contribution in [0.3, 0.4) is 0 Å². The highest BCUT2D eigenvalue weighted by molar-refractivity contribution is 5.81. The van der Waals surface area contributed by atoms with E-state index in [0.717, 1.165) is 22.2 Å². The van der Waals surface area contributed by atoms with Gasteiger partial charge < -0.3 is 9.52 Å². The average molecular weight is 253 g/mol. The summed E-state index contributed by atoms with van der Waals surface area (Å²) in [6, 6.07) is 13.5. The van der Waals surface area contributed by atoms with Crippen molar-refractivity contribution in [1.29, 1.82) is 0 Å². The SMILES string of the molecule is CC(c1ccccn1)C(O)c1coc2ccccc12. The van der Waals surface area contributed by atoms with Crippen LogP contribution in [0, 0.1) is 0 Å². The second-order valence-corrected chi connectivity index (χ2v) is 4.68. The lowest BCUT2D eigenvalue weighted by atomic mass is 9.94. The summed E-state index contributed by atoms with van der Waals surface area (Å²) < 4.78 is 5.48. The minimum Gasteiger partial charge on any atom is -0.464 e. The molecule has 0 amide bonds. The van der Waals surface area contributed by atoms with Crippen molar-refractivity contribution in [3.05, 3.63) is 66.2 Å². The first-order valence-electron chi connectivity index (χ1n) is 6.32. The Bertz CT molecular complexity index is 675. The molecule has 3 aromatic rings. The Morgan fingerprint density at radius 1 is 1.11 bits per heavy atom. The molecule has 0 aliphatic heterocycles. The highest BCUT2D eigenvalue weighted by Gasteiger charge is 2.22. The maximum absolute atomic E-state index is 10.5. The number of pyridine rings is 1. The zero-order valence-corrected chi connectivity index (χ0v) is 10.7. The topological polar surface area (TPSA) is 46.3 Å². The molecule has 2 aromatic heterocycles. The molecule has 0 bridgehead atoms. The molecule has 1 aromatic carbocycles. The number of rotatable bonds is 3. The van der Waals surface area contributed by atoms with E-state index in [4.69, 9.17) is 4.42 Å². The van der Waals surface area contributed by atoms with Crippen molar-refractivity contribution < 1.29 is 9.52 Å². The van der Waals surface area contributed by atoms with Gasteiger partial charge in [0.05, 0.1) is 12.4 Å². The molecule has 0 spiro atoms. The van der Waals surface area contributed by atoms with Crippen LogP contribution in [0.25, 0.3) is 11.0 Å². The standard InChI is InChI=1S/C16H15NO2/c1-11(14-7-4-5-9-17-14)16(18)13-10-19-15-8-3-2-6-12(13)15/h2-11,16,18H,1H3. The van der Waals surface area contributed by atoms with Crippen LogP contribution in [0.2, 0.25) is 0 Å². The summed E-state index contributed by atoms with van der Waals surface area (Å²) in [5, 5.41) is 11.5. The second kappa shape index (κ2) is 4.86. The third kappa shape index (κ3) is 2.13. The van der Waals surface area contributed by atoms with E-state index in [9.17, 15) is 5.11 Å². The molecule has 0 fully saturated rings. The molecule has 3 rings (SSSR count). The Kier molecular flexibility index (Phi) is 3.05. The molecule has 0 aliphatic rings. The van der Waals surface area contributed by atoms with Crippen LogP contribution in [0.1, 0.15) is 30.2 Å². The molecule has 1 N–H and O–H groups in total. The average Bonchev–Trinajstić information content (AvgIpc) is 2.90. The molecule has 0 radical (unpaired) electrons. The molecular weight excluding hydrogens is 238 g/mol. The van der Waals surface area contributed by atoms with E-state index in [1.54, 1.807) is 12.5 Å². The third-order valence-corrected chi connectivity index (χ3v) is 3.46. The summed E-state index contributed by atoms with van der Waals surface area (Å²) in [6.45, 7) is 1.97. The van der Waals surface area contributed by atoms with Gasteiger partial charge in [0.2, 0.25) is 0 Å². The maximum Gasteiger partial charge on any atom is 0.134 e. The van der Waals surface area contributed by atoms with Crippen molar-refractivity contribution >= 4 is 11.0 Å². The summed E-state index contributed by atoms with van der Waals surface area (Å²) in [5.41, 5.74) is 2.49. The van der Waals surface area contributed by atoms with Crippen LogP contribution in [-0.4, -0.2) is 10.1 Å². The maximum atomic E-state index is 10.5. The lowest BCUT2D eigenvalue weighted by molar-refractivity contribution is 0.150. The van der Waals surface area contributed by atoms with E-state index in [1.165, 1.54) is 0 Å². The number of aliphatic hydroxyl groups excluding tert-OH is 1. The lowest BCUT2D eigenvalue weighted by Crippen LogP contribution is -2.08. The number of aliphatic hydroxyl groups is 1. The summed E-state index contributed by atoms with van der Waals surface area (Å²) >= 11 is 0. The van der Waals surface area contributed by atoms with E-state index >= 15 is 0 Å². The Labute approximate surface area is 111 Å². The second-order valence-electron chi connectivity index (χ2n) is 4.68. The highest BCUT2D eigenvalue weighted by atomic mass is 16.3. The summed E-state index contributed by atoms with van der Waals surface area (Å²) in [6.07, 6.45) is 2.75. The number of furan rings is 1. The molecule has 2 heterocycles. The van der Waals surface area contributed by atoms with Crippen LogP contribution in [0.4, 0.5) is 0 Å². The summed E-state index contributed by atoms with van der Waals surface area (Å²) in [5.74, 6) is -0.0813. The first-order valence-corrected chi connectivity index (χ1v) is 6.32. The minimum atomic E-state index is -0.626. The Hall–Kier alpha value is -2.13. The Morgan fingerprint density at radius 3 is 2.68 bits per heavy atom. The van der Waals surface area contributed by atoms with Crippen LogP contribution < -0.4 is 0 Å². The summed E-state index contributed by atoms with van der Waals surface area (Å²) in [7, 11) is 0. The first-order chi connectivity index (χ1) is 9.27. The molecule has 0 saturated heterocycles. The number of aromatic nitrogens is 1. The predicted octanol–water partition coefficient (Wildman–Crippen LogP) is 3.66. The van der Waals surface area contributed by atoms with Crippen molar-refractivity contribution in [3.8, 4) is 0 Å². The molecular formula is C16H15NO2. The monoisotopic (exact) mass is 253 g/mol. The number of benzene rings is 1. The van der Waals surface area contributed by atoms with Gasteiger partial charge in [0.1, 0.15) is 5.58 Å². The van der Waals surface area contributed by atoms with Gasteiger partial charge in [-0.2, -0.15) is 0 Å². The quantitative estimate of drug-likeness (QED) is 0.774. The molecule has 3 heteroatoms. The fraction of sp³-hybridized carbons (Fsp3) is 0.188. The van der Waals surface area contributed by atoms with Crippen molar-refractivity contribution in [2.24, 2.45) is 0 Å². The van der Waals surface area contributed by atoms with Gasteiger partial charge >= 0.3 is 0 Å². The largest absolute Gasteiger partial charge is 0.464 e. The normalized spacial score (nSPS) is 14.4. The number of para-hydroxylation sites is 1. The zero-order chi connectivity index (χ0) is 13.2. The van der Waals surface area contributed by atoms with Crippen LogP contribution >= 0.6 is 0 Å². The number of fused-ring (bicyclic) bond motifs is 1. The van der Waals surface area contributed by atoms with E-state index in [1.807, 2.05) is 49.4 Å². The van der Waals surface area contributed by atoms with Crippen LogP contribution in [0.5, 0.6) is 0 Å². The number of hydrogen-bond donors (Lipinski definition) is 1. The van der Waals surface area contributed by atoms with Crippen LogP contribution in [0.15, 0.2) is 59.3 Å². The fourth-order valence-corrected chi connectivity index (χ4v) is 2.30. The van der Waals surface area contributed by atoms with E-state index < -0.39 is 6.10 Å². The molecule has 3 nitrogen and oxygen atoms in total. The van der Waals surface area contributed by atoms with E-state index in [2.05, 4.69) is 4.98 Å². The van der Waals surface area contributed by atoms with Gasteiger partial charge in [-0.3, -0.25) is 4.98 Å². The molecule has 2 atom stereocenters. The van der Waals surface area contributed by atoms with Crippen molar-refractivity contribution in [2.45, 2.75) is 18.9 Å². The molecule has 2 unspecified atom stereocenters. The van der Waals surface area contributed by atoms with Crippen molar-refractivity contribution in [3.63, 3.8) is 0 Å². The van der Waals surface area contributed by atoms with Gasteiger partial charge in [-0.05, 0) is 18.2 Å². The van der Waals surface area contributed by atoms with E-state index in [-0.39, 0.29) is 5.92 Å². The predicted molar refractivity (Wildman–Crippen MR) is 73.8 cm³/mol. The smallest absolute Gasteiger partial charge is 0.134 e. The Morgan fingerprint density at radius 2 is 1.89 bits per heavy atom. The number of hydrogen-bond acceptors (Lipinski definition) is 3. The molecule has 0 aliphatic carbocycles. The third-order valence-electron chi connectivity index (χ3n) is 3.46. The minimum absolute atomic E-state index is 0.0813. The lowest BCUT2D eigenvalue weighted by Gasteiger charge is -2.17. The zero-order valence-electron chi connectivity index (χ0n) is 10.7. The Balaban J connectivity index is 1.98. The molecule has 96 valence electrons. The van der Waals surface area contributed by atoms with Gasteiger partial charge in [-0.1, -0.05) is 31.2 Å². The van der Waals surface area contributed by atoms with Gasteiger partial charge in [-0.15, -0.1) is 0 Å². The highest BCUT2D eigenvalue weighted by Crippen LogP contribution is 2.34. The van der Waals surface area contributed by atoms with Gasteiger partial charge in [0.25, 0.3) is 0 Å². The van der Waals surface area contributed by atoms with Crippen LogP contribution in [-0.2, 0) is 0 Å². The first kappa shape index (κ1) is 11.9. The van der Waals surface area contributed by atoms with E-state index in [0.29, 0.717) is 0 Å². The molecule has 19 heavy (non-hydrogen) atoms. The van der Waals surface area contributed by atoms with Gasteiger partial charge in [0, 0.05) is 28.8 Å². The molecule has 0 saturated carbocycles. The number of nitrogens with zero attached hydrogens (tertiary/aromatic N) is 1. The van der Waals surface area contributed by atoms with Crippen molar-refractivity contribution in [2.75, 3.05) is 0 Å². The van der Waals surface area contributed by atoms with Gasteiger partial charge in [-0.25, -0.2) is 0 Å². The fourth-order valence-electron chi connectivity index (χ4n) is 2.30. The van der Waals surface area contributed by atoms with Crippen molar-refractivity contribution in [1.82, 2.24) is 4.98 Å². The van der Waals surface area contributed by atoms with Gasteiger partial charge in [0.15, 0.2) is 0 Å². The summed E-state index contributed by atoms with van der Waals surface area (Å²) in [4.78, 5) is 4.30.